The lowest BCUT2D eigenvalue weighted by Gasteiger charge is -2.26. The highest BCUT2D eigenvalue weighted by molar-refractivity contribution is 5.82. The highest BCUT2D eigenvalue weighted by atomic mass is 16.7. The number of nitrogens with zero attached hydrogens (tertiary/aromatic N) is 2. The molecule has 0 spiro atoms. The van der Waals surface area contributed by atoms with Gasteiger partial charge in [0, 0.05) is 6.42 Å². The molecule has 4 N–H and O–H groups in total. The molecule has 0 fully saturated rings. The summed E-state index contributed by atoms with van der Waals surface area (Å²) in [6.07, 6.45) is -0.598. The molecule has 1 amide bonds. The van der Waals surface area contributed by atoms with Crippen LogP contribution in [-0.4, -0.2) is 40.3 Å². The summed E-state index contributed by atoms with van der Waals surface area (Å²) in [4.78, 5) is 38.9. The number of guanidine groups is 1. The third kappa shape index (κ3) is 10.2. The molecular weight excluding hydrogens is 394 g/mol. The van der Waals surface area contributed by atoms with E-state index in [1.165, 1.54) is 0 Å². The van der Waals surface area contributed by atoms with Gasteiger partial charge >= 0.3 is 12.1 Å². The van der Waals surface area contributed by atoms with Crippen LogP contribution in [0, 0.1) is 10.1 Å². The van der Waals surface area contributed by atoms with Crippen LogP contribution in [0.4, 0.5) is 10.5 Å². The molecule has 166 valence electrons. The smallest absolute Gasteiger partial charge is 0.408 e. The fraction of sp³-hybridized carbons (Fsp3) is 0.526. The van der Waals surface area contributed by atoms with E-state index < -0.39 is 34.3 Å². The topological polar surface area (TPSA) is 158 Å². The summed E-state index contributed by atoms with van der Waals surface area (Å²) in [6, 6.07) is 5.49. The summed E-state index contributed by atoms with van der Waals surface area (Å²) < 4.78 is 10.6. The van der Waals surface area contributed by atoms with Crippen LogP contribution in [0.3, 0.4) is 0 Å². The molecule has 0 saturated carbocycles. The van der Waals surface area contributed by atoms with Crippen molar-refractivity contribution in [3.63, 3.8) is 0 Å². The van der Waals surface area contributed by atoms with Gasteiger partial charge in [0.05, 0.1) is 5.69 Å². The van der Waals surface area contributed by atoms with Gasteiger partial charge in [0.1, 0.15) is 17.2 Å². The number of esters is 1. The average molecular weight is 423 g/mol. The minimum Gasteiger partial charge on any atom is -0.458 e. The van der Waals surface area contributed by atoms with E-state index in [0.717, 1.165) is 0 Å². The van der Waals surface area contributed by atoms with Crippen molar-refractivity contribution in [2.75, 3.05) is 0 Å². The Morgan fingerprint density at radius 3 is 2.10 bits per heavy atom. The summed E-state index contributed by atoms with van der Waals surface area (Å²) in [5.74, 6) is -0.971. The molecule has 11 heteroatoms. The van der Waals surface area contributed by atoms with Crippen LogP contribution in [0.15, 0.2) is 29.3 Å². The Hall–Kier alpha value is -3.37. The van der Waals surface area contributed by atoms with Crippen molar-refractivity contribution in [2.45, 2.75) is 65.2 Å². The summed E-state index contributed by atoms with van der Waals surface area (Å²) in [5.41, 5.74) is 6.76. The van der Waals surface area contributed by atoms with E-state index in [1.807, 2.05) is 0 Å². The molecule has 0 aliphatic carbocycles. The van der Waals surface area contributed by atoms with E-state index in [4.69, 9.17) is 15.2 Å². The van der Waals surface area contributed by atoms with Gasteiger partial charge in [0.15, 0.2) is 5.03 Å². The highest BCUT2D eigenvalue weighted by Crippen LogP contribution is 2.16. The van der Waals surface area contributed by atoms with Gasteiger partial charge < -0.3 is 20.5 Å². The van der Waals surface area contributed by atoms with Crippen molar-refractivity contribution in [3.05, 3.63) is 39.9 Å². The zero-order valence-electron chi connectivity index (χ0n) is 18.0. The maximum absolute atomic E-state index is 12.6. The fourth-order valence-electron chi connectivity index (χ4n) is 2.22. The summed E-state index contributed by atoms with van der Waals surface area (Å²) in [5, 5.41) is 12.1. The van der Waals surface area contributed by atoms with E-state index in [-0.39, 0.29) is 12.4 Å². The third-order valence-electron chi connectivity index (χ3n) is 3.21. The first kappa shape index (κ1) is 24.7. The number of hydrogen-bond acceptors (Lipinski definition) is 7. The lowest BCUT2D eigenvalue weighted by molar-refractivity contribution is -0.525. The lowest BCUT2D eigenvalue weighted by Crippen LogP contribution is -2.47. The van der Waals surface area contributed by atoms with Gasteiger partial charge in [-0.15, -0.1) is 0 Å². The van der Waals surface area contributed by atoms with Gasteiger partial charge in [0.2, 0.25) is 0 Å². The molecule has 1 rings (SSSR count). The maximum Gasteiger partial charge on any atom is 0.408 e. The summed E-state index contributed by atoms with van der Waals surface area (Å²) in [6.45, 7) is 10.3. The predicted octanol–water partition coefficient (Wildman–Crippen LogP) is 2.19. The SMILES string of the molecule is CC(C)(C)OC(=O)NC(Cc1ccc(N=C(N)N[N+](=O)[O-])cc1)C(=O)OC(C)(C)C. The first-order valence-corrected chi connectivity index (χ1v) is 9.21. The molecule has 1 aromatic carbocycles. The molecule has 0 aliphatic heterocycles. The molecule has 1 aromatic rings. The number of hydrazine groups is 1. The van der Waals surface area contributed by atoms with Crippen LogP contribution in [0.25, 0.3) is 0 Å². The molecule has 0 aromatic heterocycles. The Morgan fingerprint density at radius 1 is 1.10 bits per heavy atom. The van der Waals surface area contributed by atoms with Crippen LogP contribution < -0.4 is 16.5 Å². The number of nitro groups is 1. The van der Waals surface area contributed by atoms with Gasteiger partial charge in [-0.25, -0.2) is 24.7 Å². The minimum atomic E-state index is -0.977. The van der Waals surface area contributed by atoms with Crippen molar-refractivity contribution in [1.82, 2.24) is 10.7 Å². The zero-order valence-corrected chi connectivity index (χ0v) is 18.0. The molecule has 11 nitrogen and oxygen atoms in total. The van der Waals surface area contributed by atoms with Crippen molar-refractivity contribution >= 4 is 23.7 Å². The Kier molecular flexibility index (Phi) is 8.14. The minimum absolute atomic E-state index is 0.140. The molecule has 30 heavy (non-hydrogen) atoms. The molecule has 0 radical (unpaired) electrons. The van der Waals surface area contributed by atoms with Crippen molar-refractivity contribution in [2.24, 2.45) is 10.7 Å². The van der Waals surface area contributed by atoms with E-state index >= 15 is 0 Å². The summed E-state index contributed by atoms with van der Waals surface area (Å²) in [7, 11) is 0. The van der Waals surface area contributed by atoms with Crippen LogP contribution in [0.2, 0.25) is 0 Å². The van der Waals surface area contributed by atoms with E-state index in [9.17, 15) is 19.7 Å². The van der Waals surface area contributed by atoms with Crippen molar-refractivity contribution in [3.8, 4) is 0 Å². The number of carbonyl (C=O) groups is 2. The number of carbonyl (C=O) groups excluding carboxylic acids is 2. The number of alkyl carbamates (subject to hydrolysis) is 1. The van der Waals surface area contributed by atoms with Gasteiger partial charge in [-0.2, -0.15) is 0 Å². The number of nitrogens with two attached hydrogens (primary N) is 1. The third-order valence-corrected chi connectivity index (χ3v) is 3.21. The molecule has 0 bridgehead atoms. The van der Waals surface area contributed by atoms with E-state index in [0.29, 0.717) is 11.3 Å². The van der Waals surface area contributed by atoms with E-state index in [2.05, 4.69) is 10.3 Å². The number of aliphatic imine (C=N–C) groups is 1. The second-order valence-electron chi connectivity index (χ2n) is 8.47. The van der Waals surface area contributed by atoms with Crippen molar-refractivity contribution < 1.29 is 24.1 Å². The number of hydrogen-bond donors (Lipinski definition) is 3. The Balaban J connectivity index is 2.96. The molecule has 1 atom stereocenters. The largest absolute Gasteiger partial charge is 0.458 e. The molecule has 0 aliphatic rings. The molecule has 0 heterocycles. The molecular formula is C19H29N5O6. The lowest BCUT2D eigenvalue weighted by atomic mass is 10.1. The Morgan fingerprint density at radius 2 is 1.63 bits per heavy atom. The number of amides is 1. The Bertz CT molecular complexity index is 793. The van der Waals surface area contributed by atoms with E-state index in [1.54, 1.807) is 71.2 Å². The second-order valence-corrected chi connectivity index (χ2v) is 8.47. The van der Waals surface area contributed by atoms with Gasteiger partial charge in [-0.05, 0) is 59.2 Å². The second kappa shape index (κ2) is 9.90. The normalized spacial score (nSPS) is 13.2. The number of rotatable bonds is 6. The van der Waals surface area contributed by atoms with Gasteiger partial charge in [0.25, 0.3) is 5.96 Å². The molecule has 1 unspecified atom stereocenters. The fourth-order valence-corrected chi connectivity index (χ4v) is 2.22. The van der Waals surface area contributed by atoms with Gasteiger partial charge in [-0.1, -0.05) is 17.6 Å². The van der Waals surface area contributed by atoms with Gasteiger partial charge in [-0.3, -0.25) is 0 Å². The quantitative estimate of drug-likeness (QED) is 0.206. The first-order valence-electron chi connectivity index (χ1n) is 9.21. The van der Waals surface area contributed by atoms with Crippen LogP contribution >= 0.6 is 0 Å². The average Bonchev–Trinajstić information content (AvgIpc) is 2.51. The maximum atomic E-state index is 12.6. The highest BCUT2D eigenvalue weighted by Gasteiger charge is 2.28. The monoisotopic (exact) mass is 423 g/mol. The summed E-state index contributed by atoms with van der Waals surface area (Å²) >= 11 is 0. The first-order chi connectivity index (χ1) is 13.6. The number of benzene rings is 1. The van der Waals surface area contributed by atoms with Crippen LogP contribution in [0.5, 0.6) is 0 Å². The van der Waals surface area contributed by atoms with Crippen LogP contribution in [0.1, 0.15) is 47.1 Å². The standard InChI is InChI=1S/C19H29N5O6/c1-18(2,3)29-15(25)14(22-17(26)30-19(4,5)6)11-12-7-9-13(10-8-12)21-16(20)23-24(27)28/h7-10,14H,11H2,1-6H3,(H,22,26)(H3,20,21,23). The predicted molar refractivity (Wildman–Crippen MR) is 111 cm³/mol. The zero-order chi connectivity index (χ0) is 23.1. The van der Waals surface area contributed by atoms with Crippen LogP contribution in [-0.2, 0) is 20.7 Å². The van der Waals surface area contributed by atoms with Crippen molar-refractivity contribution in [1.29, 1.82) is 0 Å². The Labute approximate surface area is 175 Å². The molecule has 0 saturated heterocycles. The number of nitrogens with one attached hydrogen (secondary N) is 2. The number of ether oxygens (including phenoxy) is 2.